The van der Waals surface area contributed by atoms with Gasteiger partial charge in [-0.15, -0.1) is 0 Å². The van der Waals surface area contributed by atoms with Gasteiger partial charge in [-0.3, -0.25) is 14.4 Å². The fourth-order valence-corrected chi connectivity index (χ4v) is 15.3. The van der Waals surface area contributed by atoms with E-state index in [1.54, 1.807) is 37.4 Å². The number of hydrogen-bond acceptors (Lipinski definition) is 10. The smallest absolute Gasteiger partial charge is 0.444 e. The highest BCUT2D eigenvalue weighted by Gasteiger charge is 2.49. The van der Waals surface area contributed by atoms with E-state index in [2.05, 4.69) is 39.1 Å². The predicted octanol–water partition coefficient (Wildman–Crippen LogP) is 18.3. The lowest BCUT2D eigenvalue weighted by Gasteiger charge is -2.45. The van der Waals surface area contributed by atoms with Gasteiger partial charge >= 0.3 is 6.11 Å². The number of hydrogen-bond donors (Lipinski definition) is 0. The van der Waals surface area contributed by atoms with Crippen molar-refractivity contribution in [1.82, 2.24) is 28.4 Å². The Balaban J connectivity index is 0.000000131. The molecule has 7 aromatic carbocycles. The summed E-state index contributed by atoms with van der Waals surface area (Å²) in [4.78, 5) is 45.2. The third-order valence-corrected chi connectivity index (χ3v) is 21.2. The molecule has 3 aromatic heterocycles. The Kier molecular flexibility index (Phi) is 19.9. The second kappa shape index (κ2) is 29.0. The molecule has 103 heavy (non-hydrogen) atoms. The molecule has 3 saturated heterocycles. The Hall–Kier alpha value is -9.37. The van der Waals surface area contributed by atoms with E-state index in [0.717, 1.165) is 87.8 Å². The fourth-order valence-electron chi connectivity index (χ4n) is 14.5. The number of halogens is 8. The van der Waals surface area contributed by atoms with E-state index in [4.69, 9.17) is 86.4 Å². The monoisotopic (exact) mass is 1490 g/mol. The molecule has 3 fully saturated rings. The topological polar surface area (TPSA) is 140 Å². The van der Waals surface area contributed by atoms with Crippen molar-refractivity contribution in [3.63, 3.8) is 0 Å². The minimum atomic E-state index is -4.34. The zero-order valence-electron chi connectivity index (χ0n) is 56.2. The molecule has 24 heteroatoms. The minimum Gasteiger partial charge on any atom is -0.497 e. The van der Waals surface area contributed by atoms with Crippen molar-refractivity contribution in [3.8, 4) is 57.3 Å². The molecule has 0 aliphatic carbocycles. The van der Waals surface area contributed by atoms with Gasteiger partial charge in [0.1, 0.15) is 46.9 Å². The lowest BCUT2D eigenvalue weighted by atomic mass is 9.86. The SMILES string of the molecule is CCc1ccc(C(=O)N2CCC3(CC2)Oc2cc(Cl)ccc2-n2cccc23)cc1OC.COc1ccc(C(=O)N2CCC3(CC2)Oc2cc(Cl)ccc2-n2cccc23)c(OC(F)(F)C(F)Cl)c1.O=C(c1ccc(OCc2ccccc2)cc1Cl)N1CCC2(CC1)Oc1cc(Cl)ccc1-n1cccc12. The Morgan fingerprint density at radius 3 is 1.38 bits per heavy atom. The number of piperidine rings is 3. The van der Waals surface area contributed by atoms with Crippen molar-refractivity contribution in [2.24, 2.45) is 0 Å². The van der Waals surface area contributed by atoms with Gasteiger partial charge in [0, 0.05) is 141 Å². The number of aromatic nitrogens is 3. The van der Waals surface area contributed by atoms with Crippen molar-refractivity contribution in [2.75, 3.05) is 53.5 Å². The van der Waals surface area contributed by atoms with Crippen molar-refractivity contribution in [2.45, 2.75) is 87.0 Å². The Labute approximate surface area is 618 Å². The number of nitrogens with zero attached hydrogens (tertiary/aromatic N) is 6. The van der Waals surface area contributed by atoms with Gasteiger partial charge in [0.25, 0.3) is 23.4 Å². The van der Waals surface area contributed by atoms with E-state index < -0.39 is 40.2 Å². The zero-order chi connectivity index (χ0) is 72.0. The molecule has 16 nitrogen and oxygen atoms in total. The number of benzene rings is 7. The van der Waals surface area contributed by atoms with E-state index in [-0.39, 0.29) is 36.2 Å². The van der Waals surface area contributed by atoms with E-state index in [0.29, 0.717) is 101 Å². The Bertz CT molecular complexity index is 4830. The van der Waals surface area contributed by atoms with Gasteiger partial charge in [0.15, 0.2) is 16.8 Å². The van der Waals surface area contributed by atoms with Crippen LogP contribution in [0, 0.1) is 0 Å². The summed E-state index contributed by atoms with van der Waals surface area (Å²) in [6.07, 6.45) is 6.26. The lowest BCUT2D eigenvalue weighted by molar-refractivity contribution is -0.199. The molecule has 1 unspecified atom stereocenters. The highest BCUT2D eigenvalue weighted by atomic mass is 35.5. The summed E-state index contributed by atoms with van der Waals surface area (Å²) < 4.78 is 88.0. The third-order valence-electron chi connectivity index (χ3n) is 19.9. The Morgan fingerprint density at radius 2 is 0.942 bits per heavy atom. The number of carbonyl (C=O) groups excluding carboxylic acids is 3. The molecule has 10 aromatic rings. The van der Waals surface area contributed by atoms with Crippen LogP contribution in [0.1, 0.15) is 105 Å². The van der Waals surface area contributed by atoms with Crippen LogP contribution in [0.4, 0.5) is 13.2 Å². The summed E-state index contributed by atoms with van der Waals surface area (Å²) in [5.74, 6) is 2.63. The van der Waals surface area contributed by atoms with E-state index >= 15 is 0 Å². The highest BCUT2D eigenvalue weighted by Crippen LogP contribution is 2.50. The normalized spacial score (nSPS) is 16.4. The largest absolute Gasteiger partial charge is 0.497 e. The number of rotatable bonds is 12. The highest BCUT2D eigenvalue weighted by molar-refractivity contribution is 6.34. The van der Waals surface area contributed by atoms with Gasteiger partial charge < -0.3 is 61.6 Å². The maximum Gasteiger partial charge on any atom is 0.444 e. The molecule has 0 bridgehead atoms. The average Bonchev–Trinajstić information content (AvgIpc) is 1.07. The van der Waals surface area contributed by atoms with Crippen LogP contribution in [0.25, 0.3) is 17.1 Å². The van der Waals surface area contributed by atoms with Crippen LogP contribution in [0.2, 0.25) is 20.1 Å². The standard InChI is InChI=1S/C29H24Cl2N2O3.C25H21Cl2F3N2O4.C25H25ClN2O3/c30-21-8-11-25-26(17-21)36-29(27-7-4-14-33(25)27)12-15-32(16-13-29)28(34)23-10-9-22(18-24(23)31)35-19-20-5-2-1-3-6-20;1-34-16-5-6-17(19(14-16)36-25(29,30)23(27)28)22(33)31-11-8-24(9-12-31)21-3-2-10-32(21)18-7-4-15(26)13-20(18)35-24;1-3-17-6-7-18(15-21(17)30-2)24(29)27-13-10-25(11-14-27)23-5-4-12-28(23)20-9-8-19(26)16-22(20)31-25/h1-11,14,17-18H,12-13,15-16,19H2;2-7,10,13-14,23H,8-9,11-12H2,1H3;4-9,12,15-16H,3,10-11,13-14H2,1-2H3. The third kappa shape index (κ3) is 13.9. The average molecular weight is 1500 g/mol. The van der Waals surface area contributed by atoms with Crippen LogP contribution in [-0.2, 0) is 29.8 Å². The summed E-state index contributed by atoms with van der Waals surface area (Å²) in [5, 5.41) is 2.22. The summed E-state index contributed by atoms with van der Waals surface area (Å²) in [6.45, 7) is 5.44. The van der Waals surface area contributed by atoms with Gasteiger partial charge in [-0.1, -0.05) is 101 Å². The molecule has 6 aliphatic heterocycles. The number of alkyl halides is 4. The summed E-state index contributed by atoms with van der Waals surface area (Å²) in [6, 6.07) is 53.8. The first-order valence-electron chi connectivity index (χ1n) is 33.7. The van der Waals surface area contributed by atoms with Crippen LogP contribution in [0.5, 0.6) is 40.2 Å². The maximum absolute atomic E-state index is 13.9. The second-order valence-corrected chi connectivity index (χ2v) is 28.0. The molecule has 0 N–H and O–H groups in total. The first kappa shape index (κ1) is 70.7. The molecular formula is C79H70Cl5F3N6O10. The molecular weight excluding hydrogens is 1430 g/mol. The predicted molar refractivity (Wildman–Crippen MR) is 389 cm³/mol. The number of amides is 3. The van der Waals surface area contributed by atoms with Crippen LogP contribution in [-0.4, -0.2) is 111 Å². The van der Waals surface area contributed by atoms with Gasteiger partial charge in [-0.05, 0) is 133 Å². The van der Waals surface area contributed by atoms with Gasteiger partial charge in [-0.25, -0.2) is 4.39 Å². The van der Waals surface area contributed by atoms with Crippen LogP contribution in [0.15, 0.2) is 195 Å². The summed E-state index contributed by atoms with van der Waals surface area (Å²) >= 11 is 30.1. The number of likely N-dealkylation sites (tertiary alicyclic amines) is 3. The molecule has 16 rings (SSSR count). The van der Waals surface area contributed by atoms with Crippen molar-refractivity contribution < 1.29 is 60.7 Å². The van der Waals surface area contributed by atoms with E-state index in [9.17, 15) is 27.6 Å². The van der Waals surface area contributed by atoms with Gasteiger partial charge in [-0.2, -0.15) is 8.78 Å². The molecule has 6 aliphatic rings. The molecule has 3 spiro atoms. The van der Waals surface area contributed by atoms with E-state index in [1.807, 2.05) is 142 Å². The van der Waals surface area contributed by atoms with Crippen molar-refractivity contribution in [1.29, 1.82) is 0 Å². The quantitative estimate of drug-likeness (QED) is 0.109. The summed E-state index contributed by atoms with van der Waals surface area (Å²) in [7, 11) is 2.97. The molecule has 9 heterocycles. The van der Waals surface area contributed by atoms with Gasteiger partial charge in [0.2, 0.25) is 0 Å². The van der Waals surface area contributed by atoms with Gasteiger partial charge in [0.05, 0.1) is 64.5 Å². The van der Waals surface area contributed by atoms with Crippen LogP contribution < -0.4 is 33.2 Å². The molecule has 0 saturated carbocycles. The van der Waals surface area contributed by atoms with Crippen LogP contribution >= 0.6 is 58.0 Å². The minimum absolute atomic E-state index is 0.0328. The molecule has 1 atom stereocenters. The Morgan fingerprint density at radius 1 is 0.495 bits per heavy atom. The van der Waals surface area contributed by atoms with Crippen molar-refractivity contribution >= 4 is 75.7 Å². The number of ether oxygens (including phenoxy) is 7. The number of carbonyl (C=O) groups is 3. The molecule has 0 radical (unpaired) electrons. The fraction of sp³-hybridized carbons (Fsp3) is 0.278. The number of fused-ring (bicyclic) bond motifs is 12. The lowest BCUT2D eigenvalue weighted by Crippen LogP contribution is -2.50. The zero-order valence-corrected chi connectivity index (χ0v) is 60.0. The number of aryl methyl sites for hydroxylation is 1. The van der Waals surface area contributed by atoms with E-state index in [1.165, 1.54) is 24.1 Å². The summed E-state index contributed by atoms with van der Waals surface area (Å²) in [5.41, 5.74) is 4.42. The first-order chi connectivity index (χ1) is 49.7. The number of methoxy groups -OCH3 is 2. The molecule has 532 valence electrons. The first-order valence-corrected chi connectivity index (χ1v) is 35.7. The van der Waals surface area contributed by atoms with Crippen molar-refractivity contribution in [3.05, 3.63) is 260 Å². The second-order valence-electron chi connectivity index (χ2n) is 25.9. The molecule has 3 amide bonds. The van der Waals surface area contributed by atoms with Crippen LogP contribution in [0.3, 0.4) is 0 Å². The maximum atomic E-state index is 13.9.